The Hall–Kier alpha value is -1.94. The third kappa shape index (κ3) is 2.76. The summed E-state index contributed by atoms with van der Waals surface area (Å²) in [6, 6.07) is 7.39. The predicted octanol–water partition coefficient (Wildman–Crippen LogP) is 2.30. The predicted molar refractivity (Wildman–Crippen MR) is 83.3 cm³/mol. The Balaban J connectivity index is 1.84. The molecule has 0 radical (unpaired) electrons. The van der Waals surface area contributed by atoms with Gasteiger partial charge in [0.25, 0.3) is 5.56 Å². The molecule has 110 valence electrons. The maximum Gasteiger partial charge on any atom is 0.255 e. The average Bonchev–Trinajstić information content (AvgIpc) is 2.48. The molecule has 0 aliphatic heterocycles. The molecule has 1 saturated carbocycles. The number of nitrogens with one attached hydrogen (secondary N) is 1. The molecular weight excluding hydrogens is 264 g/mol. The fraction of sp³-hybridized carbons (Fsp3) is 0.412. The van der Waals surface area contributed by atoms with E-state index in [1.54, 1.807) is 12.3 Å². The summed E-state index contributed by atoms with van der Waals surface area (Å²) in [6.45, 7) is 0. The van der Waals surface area contributed by atoms with Crippen molar-refractivity contribution in [2.75, 3.05) is 0 Å². The van der Waals surface area contributed by atoms with Crippen LogP contribution in [0.15, 0.2) is 35.3 Å². The number of hydrogen-bond donors (Lipinski definition) is 2. The zero-order valence-electron chi connectivity index (χ0n) is 12.0. The SMILES string of the molecule is NC1(C(=O)Cc2ccc3c(=O)[nH]ccc3c2)CCCCC1. The summed E-state index contributed by atoms with van der Waals surface area (Å²) in [6.07, 6.45) is 6.80. The van der Waals surface area contributed by atoms with Crippen molar-refractivity contribution in [3.63, 3.8) is 0 Å². The standard InChI is InChI=1S/C17H20N2O2/c18-17(7-2-1-3-8-17)15(20)11-12-4-5-14-13(10-12)6-9-19-16(14)21/h4-6,9-10H,1-3,7-8,11,18H2,(H,19,21). The molecule has 4 heteroatoms. The minimum Gasteiger partial charge on any atom is -0.329 e. The monoisotopic (exact) mass is 284 g/mol. The number of benzene rings is 1. The van der Waals surface area contributed by atoms with E-state index in [0.29, 0.717) is 11.8 Å². The lowest BCUT2D eigenvalue weighted by molar-refractivity contribution is -0.124. The Morgan fingerprint density at radius 3 is 2.71 bits per heavy atom. The zero-order valence-corrected chi connectivity index (χ0v) is 12.0. The Labute approximate surface area is 123 Å². The highest BCUT2D eigenvalue weighted by atomic mass is 16.1. The van der Waals surface area contributed by atoms with E-state index in [2.05, 4.69) is 4.98 Å². The minimum absolute atomic E-state index is 0.104. The van der Waals surface area contributed by atoms with Crippen LogP contribution in [0.2, 0.25) is 0 Å². The van der Waals surface area contributed by atoms with Crippen molar-refractivity contribution < 1.29 is 4.79 Å². The molecular formula is C17H20N2O2. The molecule has 0 bridgehead atoms. The second-order valence-electron chi connectivity index (χ2n) is 6.05. The largest absolute Gasteiger partial charge is 0.329 e. The molecule has 0 saturated heterocycles. The Morgan fingerprint density at radius 2 is 1.95 bits per heavy atom. The first-order valence-corrected chi connectivity index (χ1v) is 7.51. The number of rotatable bonds is 3. The zero-order chi connectivity index (χ0) is 14.9. The van der Waals surface area contributed by atoms with Crippen molar-refractivity contribution in [2.45, 2.75) is 44.1 Å². The number of Topliss-reactive ketones (excluding diaryl/α,β-unsaturated/α-hetero) is 1. The fourth-order valence-electron chi connectivity index (χ4n) is 3.17. The van der Waals surface area contributed by atoms with Crippen molar-refractivity contribution in [3.8, 4) is 0 Å². The highest BCUT2D eigenvalue weighted by Gasteiger charge is 2.34. The number of fused-ring (bicyclic) bond motifs is 1. The van der Waals surface area contributed by atoms with Gasteiger partial charge in [-0.3, -0.25) is 9.59 Å². The maximum atomic E-state index is 12.5. The van der Waals surface area contributed by atoms with Crippen molar-refractivity contribution in [1.29, 1.82) is 0 Å². The van der Waals surface area contributed by atoms with Crippen LogP contribution in [0.5, 0.6) is 0 Å². The highest BCUT2D eigenvalue weighted by Crippen LogP contribution is 2.28. The van der Waals surface area contributed by atoms with Gasteiger partial charge in [-0.05, 0) is 35.9 Å². The molecule has 1 aromatic carbocycles. The molecule has 1 fully saturated rings. The molecule has 4 nitrogen and oxygen atoms in total. The minimum atomic E-state index is -0.651. The normalized spacial score (nSPS) is 17.8. The summed E-state index contributed by atoms with van der Waals surface area (Å²) >= 11 is 0. The van der Waals surface area contributed by atoms with Crippen molar-refractivity contribution in [1.82, 2.24) is 4.98 Å². The van der Waals surface area contributed by atoms with Gasteiger partial charge in [0.05, 0.1) is 5.54 Å². The number of carbonyl (C=O) groups excluding carboxylic acids is 1. The smallest absolute Gasteiger partial charge is 0.255 e. The molecule has 1 aliphatic rings. The van der Waals surface area contributed by atoms with Crippen LogP contribution < -0.4 is 11.3 Å². The third-order valence-corrected chi connectivity index (χ3v) is 4.50. The van der Waals surface area contributed by atoms with Gasteiger partial charge >= 0.3 is 0 Å². The number of aromatic amines is 1. The lowest BCUT2D eigenvalue weighted by Crippen LogP contribution is -2.50. The first kappa shape index (κ1) is 14.0. The Bertz CT molecular complexity index is 727. The molecule has 21 heavy (non-hydrogen) atoms. The number of pyridine rings is 1. The number of carbonyl (C=O) groups is 1. The van der Waals surface area contributed by atoms with E-state index in [9.17, 15) is 9.59 Å². The van der Waals surface area contributed by atoms with E-state index in [1.807, 2.05) is 18.2 Å². The molecule has 1 heterocycles. The van der Waals surface area contributed by atoms with E-state index in [-0.39, 0.29) is 11.3 Å². The van der Waals surface area contributed by atoms with Crippen LogP contribution in [0.25, 0.3) is 10.8 Å². The summed E-state index contributed by atoms with van der Waals surface area (Å²) in [5, 5.41) is 1.51. The number of hydrogen-bond acceptors (Lipinski definition) is 3. The third-order valence-electron chi connectivity index (χ3n) is 4.50. The second kappa shape index (κ2) is 5.45. The molecule has 2 aromatic rings. The number of ketones is 1. The summed E-state index contributed by atoms with van der Waals surface area (Å²) in [4.78, 5) is 26.8. The molecule has 0 amide bonds. The van der Waals surface area contributed by atoms with E-state index in [0.717, 1.165) is 36.6 Å². The fourth-order valence-corrected chi connectivity index (χ4v) is 3.17. The van der Waals surface area contributed by atoms with Crippen LogP contribution in [0.1, 0.15) is 37.7 Å². The molecule has 3 rings (SSSR count). The van der Waals surface area contributed by atoms with Crippen LogP contribution in [-0.4, -0.2) is 16.3 Å². The average molecular weight is 284 g/mol. The second-order valence-corrected chi connectivity index (χ2v) is 6.05. The first-order valence-electron chi connectivity index (χ1n) is 7.51. The molecule has 1 aliphatic carbocycles. The highest BCUT2D eigenvalue weighted by molar-refractivity contribution is 5.91. The van der Waals surface area contributed by atoms with Crippen LogP contribution in [0.3, 0.4) is 0 Å². The molecule has 0 spiro atoms. The summed E-state index contributed by atoms with van der Waals surface area (Å²) < 4.78 is 0. The summed E-state index contributed by atoms with van der Waals surface area (Å²) in [7, 11) is 0. The molecule has 1 aromatic heterocycles. The first-order chi connectivity index (χ1) is 10.1. The lowest BCUT2D eigenvalue weighted by atomic mass is 9.78. The quantitative estimate of drug-likeness (QED) is 0.908. The molecule has 0 atom stereocenters. The molecule has 3 N–H and O–H groups in total. The van der Waals surface area contributed by atoms with Crippen molar-refractivity contribution >= 4 is 16.6 Å². The van der Waals surface area contributed by atoms with E-state index >= 15 is 0 Å². The van der Waals surface area contributed by atoms with Crippen LogP contribution >= 0.6 is 0 Å². The lowest BCUT2D eigenvalue weighted by Gasteiger charge is -2.31. The van der Waals surface area contributed by atoms with Crippen LogP contribution in [0, 0.1) is 0 Å². The van der Waals surface area contributed by atoms with E-state index in [1.165, 1.54) is 6.42 Å². The topological polar surface area (TPSA) is 76.0 Å². The summed E-state index contributed by atoms with van der Waals surface area (Å²) in [5.74, 6) is 0.117. The van der Waals surface area contributed by atoms with Gasteiger partial charge in [0, 0.05) is 18.0 Å². The van der Waals surface area contributed by atoms with Gasteiger partial charge in [0.15, 0.2) is 5.78 Å². The van der Waals surface area contributed by atoms with Gasteiger partial charge in [0.2, 0.25) is 0 Å². The van der Waals surface area contributed by atoms with Gasteiger partial charge in [-0.2, -0.15) is 0 Å². The van der Waals surface area contributed by atoms with Gasteiger partial charge < -0.3 is 10.7 Å². The van der Waals surface area contributed by atoms with Gasteiger partial charge in [-0.1, -0.05) is 31.4 Å². The molecule has 0 unspecified atom stereocenters. The number of aromatic nitrogens is 1. The number of H-pyrrole nitrogens is 1. The van der Waals surface area contributed by atoms with Gasteiger partial charge in [0.1, 0.15) is 0 Å². The van der Waals surface area contributed by atoms with Gasteiger partial charge in [-0.15, -0.1) is 0 Å². The Morgan fingerprint density at radius 1 is 1.19 bits per heavy atom. The van der Waals surface area contributed by atoms with E-state index in [4.69, 9.17) is 5.73 Å². The van der Waals surface area contributed by atoms with Gasteiger partial charge in [-0.25, -0.2) is 0 Å². The summed E-state index contributed by atoms with van der Waals surface area (Å²) in [5.41, 5.74) is 6.45. The van der Waals surface area contributed by atoms with Crippen molar-refractivity contribution in [2.24, 2.45) is 5.73 Å². The number of nitrogens with two attached hydrogens (primary N) is 1. The van der Waals surface area contributed by atoms with Crippen molar-refractivity contribution in [3.05, 3.63) is 46.4 Å². The van der Waals surface area contributed by atoms with Crippen LogP contribution in [0.4, 0.5) is 0 Å². The van der Waals surface area contributed by atoms with Crippen LogP contribution in [-0.2, 0) is 11.2 Å². The van der Waals surface area contributed by atoms with E-state index < -0.39 is 5.54 Å². The Kier molecular flexibility index (Phi) is 3.64. The maximum absolute atomic E-state index is 12.5.